The summed E-state index contributed by atoms with van der Waals surface area (Å²) in [5.74, 6) is -0.585. The lowest BCUT2D eigenvalue weighted by atomic mass is 10.1. The Morgan fingerprint density at radius 1 is 1.20 bits per heavy atom. The van der Waals surface area contributed by atoms with Gasteiger partial charge in [-0.25, -0.2) is 0 Å². The lowest BCUT2D eigenvalue weighted by Gasteiger charge is -2.15. The molecule has 0 aromatic carbocycles. The minimum atomic E-state index is -0.318. The molecule has 0 amide bonds. The largest absolute Gasteiger partial charge is 0.465 e. The predicted octanol–water partition coefficient (Wildman–Crippen LogP) is 1.70. The van der Waals surface area contributed by atoms with Crippen LogP contribution in [0.4, 0.5) is 0 Å². The molecule has 0 aliphatic heterocycles. The third kappa shape index (κ3) is 9.00. The molecule has 0 aliphatic carbocycles. The maximum Gasteiger partial charge on any atom is 0.302 e. The first kappa shape index (κ1) is 13.7. The van der Waals surface area contributed by atoms with Crippen LogP contribution in [0, 0.1) is 5.92 Å². The van der Waals surface area contributed by atoms with Gasteiger partial charge in [-0.3, -0.25) is 9.59 Å². The Balaban J connectivity index is 3.87. The van der Waals surface area contributed by atoms with Crippen LogP contribution in [0.5, 0.6) is 0 Å². The molecule has 0 aliphatic rings. The molecule has 0 saturated heterocycles. The molecule has 0 spiro atoms. The van der Waals surface area contributed by atoms with Crippen molar-refractivity contribution in [3.05, 3.63) is 12.7 Å². The quantitative estimate of drug-likeness (QED) is 0.478. The van der Waals surface area contributed by atoms with E-state index < -0.39 is 0 Å². The van der Waals surface area contributed by atoms with E-state index in [1.807, 2.05) is 0 Å². The van der Waals surface area contributed by atoms with Gasteiger partial charge in [-0.05, 0) is 12.8 Å². The second-order valence-electron chi connectivity index (χ2n) is 3.34. The number of carbonyl (C=O) groups excluding carboxylic acids is 2. The number of carbonyl (C=O) groups is 2. The Labute approximate surface area is 90.2 Å². The zero-order valence-electron chi connectivity index (χ0n) is 9.32. The number of rotatable bonds is 7. The molecule has 0 fully saturated rings. The highest BCUT2D eigenvalue weighted by Crippen LogP contribution is 2.08. The minimum Gasteiger partial charge on any atom is -0.465 e. The Morgan fingerprint density at radius 2 is 1.67 bits per heavy atom. The molecule has 0 atom stereocenters. The van der Waals surface area contributed by atoms with E-state index in [1.165, 1.54) is 13.8 Å². The van der Waals surface area contributed by atoms with Gasteiger partial charge in [0.15, 0.2) is 0 Å². The second kappa shape index (κ2) is 8.03. The van der Waals surface area contributed by atoms with E-state index in [4.69, 9.17) is 9.47 Å². The van der Waals surface area contributed by atoms with Crippen LogP contribution in [0.1, 0.15) is 26.7 Å². The van der Waals surface area contributed by atoms with Gasteiger partial charge in [-0.2, -0.15) is 0 Å². The van der Waals surface area contributed by atoms with Crippen LogP contribution in [0.2, 0.25) is 0 Å². The van der Waals surface area contributed by atoms with Crippen molar-refractivity contribution < 1.29 is 19.1 Å². The summed E-state index contributed by atoms with van der Waals surface area (Å²) in [6.07, 6.45) is 3.39. The van der Waals surface area contributed by atoms with Crippen molar-refractivity contribution >= 4 is 11.9 Å². The lowest BCUT2D eigenvalue weighted by Crippen LogP contribution is -2.19. The van der Waals surface area contributed by atoms with Crippen LogP contribution < -0.4 is 0 Å². The molecular weight excluding hydrogens is 196 g/mol. The van der Waals surface area contributed by atoms with Crippen molar-refractivity contribution in [1.29, 1.82) is 0 Å². The number of ether oxygens (including phenoxy) is 2. The van der Waals surface area contributed by atoms with E-state index in [0.717, 1.165) is 12.8 Å². The van der Waals surface area contributed by atoms with Gasteiger partial charge in [0.1, 0.15) is 0 Å². The minimum absolute atomic E-state index is 0.0517. The van der Waals surface area contributed by atoms with Crippen molar-refractivity contribution in [3.63, 3.8) is 0 Å². The fraction of sp³-hybridized carbons (Fsp3) is 0.636. The van der Waals surface area contributed by atoms with Gasteiger partial charge >= 0.3 is 11.9 Å². The highest BCUT2D eigenvalue weighted by molar-refractivity contribution is 5.66. The fourth-order valence-corrected chi connectivity index (χ4v) is 1.04. The van der Waals surface area contributed by atoms with E-state index >= 15 is 0 Å². The fourth-order valence-electron chi connectivity index (χ4n) is 1.04. The summed E-state index contributed by atoms with van der Waals surface area (Å²) in [4.78, 5) is 21.2. The number of allylic oxidation sites excluding steroid dienone is 1. The highest BCUT2D eigenvalue weighted by Gasteiger charge is 2.11. The SMILES string of the molecule is C=CCCC(COC(C)=O)COC(C)=O. The van der Waals surface area contributed by atoms with E-state index in [2.05, 4.69) is 6.58 Å². The van der Waals surface area contributed by atoms with Crippen LogP contribution in [-0.2, 0) is 19.1 Å². The van der Waals surface area contributed by atoms with Crippen LogP contribution >= 0.6 is 0 Å². The first-order chi connectivity index (χ1) is 7.06. The molecule has 0 N–H and O–H groups in total. The van der Waals surface area contributed by atoms with Crippen LogP contribution in [0.15, 0.2) is 12.7 Å². The molecule has 0 saturated carbocycles. The van der Waals surface area contributed by atoms with E-state index in [0.29, 0.717) is 0 Å². The monoisotopic (exact) mass is 214 g/mol. The average Bonchev–Trinajstić information content (AvgIpc) is 2.16. The molecule has 0 heterocycles. The summed E-state index contributed by atoms with van der Waals surface area (Å²) in [6, 6.07) is 0. The maximum atomic E-state index is 10.6. The summed E-state index contributed by atoms with van der Waals surface area (Å²) in [6.45, 7) is 6.90. The van der Waals surface area contributed by atoms with Crippen LogP contribution in [0.25, 0.3) is 0 Å². The van der Waals surface area contributed by atoms with Crippen LogP contribution in [-0.4, -0.2) is 25.2 Å². The summed E-state index contributed by atoms with van der Waals surface area (Å²) in [7, 11) is 0. The van der Waals surface area contributed by atoms with Gasteiger partial charge in [0.05, 0.1) is 13.2 Å². The summed E-state index contributed by atoms with van der Waals surface area (Å²) >= 11 is 0. The topological polar surface area (TPSA) is 52.6 Å². The summed E-state index contributed by atoms with van der Waals surface area (Å²) in [5.41, 5.74) is 0. The molecule has 0 radical (unpaired) electrons. The zero-order valence-corrected chi connectivity index (χ0v) is 9.32. The number of esters is 2. The number of hydrogen-bond donors (Lipinski definition) is 0. The average molecular weight is 214 g/mol. The maximum absolute atomic E-state index is 10.6. The van der Waals surface area contributed by atoms with E-state index in [1.54, 1.807) is 6.08 Å². The summed E-state index contributed by atoms with van der Waals surface area (Å²) in [5, 5.41) is 0. The third-order valence-corrected chi connectivity index (χ3v) is 1.82. The second-order valence-corrected chi connectivity index (χ2v) is 3.34. The summed E-state index contributed by atoms with van der Waals surface area (Å²) < 4.78 is 9.74. The molecule has 0 aromatic heterocycles. The van der Waals surface area contributed by atoms with Crippen molar-refractivity contribution in [1.82, 2.24) is 0 Å². The van der Waals surface area contributed by atoms with Crippen molar-refractivity contribution in [3.8, 4) is 0 Å². The van der Waals surface area contributed by atoms with Gasteiger partial charge < -0.3 is 9.47 Å². The van der Waals surface area contributed by atoms with Crippen molar-refractivity contribution in [2.45, 2.75) is 26.7 Å². The molecule has 4 nitrogen and oxygen atoms in total. The molecule has 4 heteroatoms. The first-order valence-electron chi connectivity index (χ1n) is 4.94. The normalized spacial score (nSPS) is 9.80. The molecule has 0 rings (SSSR count). The molecule has 86 valence electrons. The predicted molar refractivity (Wildman–Crippen MR) is 56.2 cm³/mol. The molecular formula is C11H18O4. The Kier molecular flexibility index (Phi) is 7.32. The molecule has 15 heavy (non-hydrogen) atoms. The lowest BCUT2D eigenvalue weighted by molar-refractivity contribution is -0.146. The molecule has 0 bridgehead atoms. The van der Waals surface area contributed by atoms with Gasteiger partial charge in [0.25, 0.3) is 0 Å². The highest BCUT2D eigenvalue weighted by atomic mass is 16.5. The van der Waals surface area contributed by atoms with Crippen LogP contribution in [0.3, 0.4) is 0 Å². The van der Waals surface area contributed by atoms with Gasteiger partial charge in [-0.15, -0.1) is 6.58 Å². The van der Waals surface area contributed by atoms with Gasteiger partial charge in [-0.1, -0.05) is 6.08 Å². The Bertz CT molecular complexity index is 205. The number of hydrogen-bond acceptors (Lipinski definition) is 4. The first-order valence-corrected chi connectivity index (χ1v) is 4.94. The molecule has 0 unspecified atom stereocenters. The van der Waals surface area contributed by atoms with E-state index in [9.17, 15) is 9.59 Å². The van der Waals surface area contributed by atoms with Crippen molar-refractivity contribution in [2.75, 3.05) is 13.2 Å². The van der Waals surface area contributed by atoms with E-state index in [-0.39, 0.29) is 31.1 Å². The molecule has 0 aromatic rings. The standard InChI is InChI=1S/C11H18O4/c1-4-5-6-11(7-14-9(2)12)8-15-10(3)13/h4,11H,1,5-8H2,2-3H3. The van der Waals surface area contributed by atoms with Gasteiger partial charge in [0.2, 0.25) is 0 Å². The zero-order chi connectivity index (χ0) is 11.7. The van der Waals surface area contributed by atoms with Gasteiger partial charge in [0, 0.05) is 19.8 Å². The Morgan fingerprint density at radius 3 is 2.00 bits per heavy atom. The Hall–Kier alpha value is -1.32. The van der Waals surface area contributed by atoms with Crippen molar-refractivity contribution in [2.24, 2.45) is 5.92 Å². The third-order valence-electron chi connectivity index (χ3n) is 1.82. The smallest absolute Gasteiger partial charge is 0.302 e.